The first-order chi connectivity index (χ1) is 11.3. The normalized spacial score (nSPS) is 16.4. The summed E-state index contributed by atoms with van der Waals surface area (Å²) >= 11 is 12.8. The van der Waals surface area contributed by atoms with E-state index in [-0.39, 0.29) is 9.23 Å². The highest BCUT2D eigenvalue weighted by Crippen LogP contribution is 2.35. The first-order valence-corrected chi connectivity index (χ1v) is 10.7. The van der Waals surface area contributed by atoms with Crippen LogP contribution in [-0.4, -0.2) is 21.5 Å². The van der Waals surface area contributed by atoms with Crippen LogP contribution in [0.4, 0.5) is 11.4 Å². The van der Waals surface area contributed by atoms with Crippen LogP contribution in [0.2, 0.25) is 8.67 Å². The molecule has 0 amide bonds. The van der Waals surface area contributed by atoms with Crippen LogP contribution in [0.15, 0.2) is 35.2 Å². The Morgan fingerprint density at radius 3 is 2.33 bits per heavy atom. The summed E-state index contributed by atoms with van der Waals surface area (Å²) in [5.74, 6) is 0.773. The molecule has 1 aliphatic heterocycles. The Kier molecular flexibility index (Phi) is 5.30. The average Bonchev–Trinajstić information content (AvgIpc) is 2.88. The molecular formula is C16H18Cl2N2O2S2. The van der Waals surface area contributed by atoms with E-state index < -0.39 is 10.0 Å². The maximum atomic E-state index is 12.4. The first kappa shape index (κ1) is 17.9. The van der Waals surface area contributed by atoms with Gasteiger partial charge >= 0.3 is 0 Å². The van der Waals surface area contributed by atoms with E-state index in [0.717, 1.165) is 36.0 Å². The molecule has 0 atom stereocenters. The van der Waals surface area contributed by atoms with E-state index in [1.165, 1.54) is 18.9 Å². The maximum absolute atomic E-state index is 12.4. The third-order valence-electron chi connectivity index (χ3n) is 4.18. The molecule has 1 N–H and O–H groups in total. The number of nitrogens with zero attached hydrogens (tertiary/aromatic N) is 1. The van der Waals surface area contributed by atoms with Crippen molar-refractivity contribution < 1.29 is 8.42 Å². The molecule has 1 aromatic heterocycles. The average molecular weight is 405 g/mol. The lowest BCUT2D eigenvalue weighted by Gasteiger charge is -2.32. The lowest BCUT2D eigenvalue weighted by Crippen LogP contribution is -2.32. The van der Waals surface area contributed by atoms with Crippen molar-refractivity contribution in [2.24, 2.45) is 5.92 Å². The van der Waals surface area contributed by atoms with Gasteiger partial charge in [0, 0.05) is 24.5 Å². The molecule has 0 spiro atoms. The fraction of sp³-hybridized carbons (Fsp3) is 0.375. The van der Waals surface area contributed by atoms with Crippen LogP contribution in [0.25, 0.3) is 0 Å². The van der Waals surface area contributed by atoms with Crippen LogP contribution in [0.5, 0.6) is 0 Å². The number of hydrogen-bond donors (Lipinski definition) is 1. The van der Waals surface area contributed by atoms with Crippen LogP contribution < -0.4 is 9.62 Å². The molecule has 2 heterocycles. The van der Waals surface area contributed by atoms with Gasteiger partial charge in [0.05, 0.1) is 4.34 Å². The van der Waals surface area contributed by atoms with Gasteiger partial charge in [0.1, 0.15) is 9.23 Å². The smallest absolute Gasteiger partial charge is 0.264 e. The lowest BCUT2D eigenvalue weighted by atomic mass is 9.99. The molecule has 1 aromatic carbocycles. The van der Waals surface area contributed by atoms with E-state index >= 15 is 0 Å². The van der Waals surface area contributed by atoms with Gasteiger partial charge in [-0.05, 0) is 49.1 Å². The zero-order valence-corrected chi connectivity index (χ0v) is 16.3. The highest BCUT2D eigenvalue weighted by Gasteiger charge is 2.21. The van der Waals surface area contributed by atoms with Crippen LogP contribution in [0, 0.1) is 5.92 Å². The molecule has 1 saturated heterocycles. The van der Waals surface area contributed by atoms with E-state index in [9.17, 15) is 8.42 Å². The summed E-state index contributed by atoms with van der Waals surface area (Å²) in [6, 6.07) is 8.78. The molecule has 0 radical (unpaired) electrons. The van der Waals surface area contributed by atoms with Crippen LogP contribution in [0.1, 0.15) is 19.8 Å². The predicted octanol–water partition coefficient (Wildman–Crippen LogP) is 5.09. The quantitative estimate of drug-likeness (QED) is 0.771. The summed E-state index contributed by atoms with van der Waals surface area (Å²) in [6.07, 6.45) is 2.37. The Labute approximate surface area is 156 Å². The van der Waals surface area contributed by atoms with Gasteiger partial charge in [-0.15, -0.1) is 11.3 Å². The van der Waals surface area contributed by atoms with Gasteiger partial charge in [-0.25, -0.2) is 8.42 Å². The van der Waals surface area contributed by atoms with Crippen molar-refractivity contribution in [3.63, 3.8) is 0 Å². The van der Waals surface area contributed by atoms with Crippen molar-refractivity contribution in [1.82, 2.24) is 0 Å². The molecule has 0 unspecified atom stereocenters. The molecule has 1 aliphatic rings. The summed E-state index contributed by atoms with van der Waals surface area (Å²) in [6.45, 7) is 4.35. The molecule has 0 aliphatic carbocycles. The van der Waals surface area contributed by atoms with Gasteiger partial charge in [0.15, 0.2) is 0 Å². The van der Waals surface area contributed by atoms with E-state index in [2.05, 4.69) is 16.5 Å². The summed E-state index contributed by atoms with van der Waals surface area (Å²) < 4.78 is 27.8. The van der Waals surface area contributed by atoms with Gasteiger partial charge in [-0.3, -0.25) is 4.72 Å². The molecule has 0 saturated carbocycles. The Bertz CT molecular complexity index is 811. The highest BCUT2D eigenvalue weighted by atomic mass is 35.5. The molecule has 130 valence electrons. The number of hydrogen-bond acceptors (Lipinski definition) is 4. The molecular weight excluding hydrogens is 387 g/mol. The second-order valence-electron chi connectivity index (χ2n) is 6.01. The van der Waals surface area contributed by atoms with E-state index in [0.29, 0.717) is 10.0 Å². The van der Waals surface area contributed by atoms with Gasteiger partial charge in [-0.2, -0.15) is 0 Å². The minimum atomic E-state index is -3.74. The number of anilines is 2. The van der Waals surface area contributed by atoms with Gasteiger partial charge in [0.25, 0.3) is 10.0 Å². The summed E-state index contributed by atoms with van der Waals surface area (Å²) in [5.41, 5.74) is 1.61. The number of piperidine rings is 1. The van der Waals surface area contributed by atoms with Gasteiger partial charge in [-0.1, -0.05) is 30.1 Å². The topological polar surface area (TPSA) is 49.4 Å². The van der Waals surface area contributed by atoms with E-state index in [4.69, 9.17) is 23.2 Å². The lowest BCUT2D eigenvalue weighted by molar-refractivity contribution is 0.438. The number of nitrogens with one attached hydrogen (secondary N) is 1. The zero-order chi connectivity index (χ0) is 17.3. The Balaban J connectivity index is 1.73. The SMILES string of the molecule is CC1CCN(c2ccc(NS(=O)(=O)c3cc(Cl)sc3Cl)cc2)CC1. The molecule has 3 rings (SSSR count). The maximum Gasteiger partial charge on any atom is 0.264 e. The van der Waals surface area contributed by atoms with Crippen molar-refractivity contribution in [3.05, 3.63) is 39.0 Å². The minimum absolute atomic E-state index is 0.00765. The van der Waals surface area contributed by atoms with Crippen LogP contribution >= 0.6 is 34.5 Å². The zero-order valence-electron chi connectivity index (χ0n) is 13.1. The molecule has 0 bridgehead atoms. The van der Waals surface area contributed by atoms with Crippen molar-refractivity contribution in [2.45, 2.75) is 24.7 Å². The standard InChI is InChI=1S/C16H18Cl2N2O2S2/c1-11-6-8-20(9-7-11)13-4-2-12(3-5-13)19-24(21,22)14-10-15(17)23-16(14)18/h2-5,10-11,19H,6-9H2,1H3. The Morgan fingerprint density at radius 2 is 1.79 bits per heavy atom. The third-order valence-corrected chi connectivity index (χ3v) is 7.32. The third kappa shape index (κ3) is 3.99. The number of sulfonamides is 1. The van der Waals surface area contributed by atoms with E-state index in [1.54, 1.807) is 12.1 Å². The summed E-state index contributed by atoms with van der Waals surface area (Å²) in [4.78, 5) is 2.33. The van der Waals surface area contributed by atoms with Crippen molar-refractivity contribution >= 4 is 55.9 Å². The molecule has 4 nitrogen and oxygen atoms in total. The van der Waals surface area contributed by atoms with Crippen LogP contribution in [0.3, 0.4) is 0 Å². The molecule has 24 heavy (non-hydrogen) atoms. The number of rotatable bonds is 4. The molecule has 1 fully saturated rings. The number of thiophene rings is 1. The van der Waals surface area contributed by atoms with Crippen molar-refractivity contribution in [3.8, 4) is 0 Å². The number of halogens is 2. The molecule has 2 aromatic rings. The second-order valence-corrected chi connectivity index (χ2v) is 9.95. The fourth-order valence-electron chi connectivity index (χ4n) is 2.73. The van der Waals surface area contributed by atoms with Crippen LogP contribution in [-0.2, 0) is 10.0 Å². The summed E-state index contributed by atoms with van der Waals surface area (Å²) in [7, 11) is -3.74. The molecule has 8 heteroatoms. The highest BCUT2D eigenvalue weighted by molar-refractivity contribution is 7.93. The van der Waals surface area contributed by atoms with Gasteiger partial charge < -0.3 is 4.90 Å². The summed E-state index contributed by atoms with van der Waals surface area (Å²) in [5, 5.41) is 0. The number of benzene rings is 1. The van der Waals surface area contributed by atoms with Gasteiger partial charge in [0.2, 0.25) is 0 Å². The Hall–Kier alpha value is -0.950. The Morgan fingerprint density at radius 1 is 1.17 bits per heavy atom. The van der Waals surface area contributed by atoms with E-state index in [1.807, 2.05) is 12.1 Å². The van der Waals surface area contributed by atoms with Crippen molar-refractivity contribution in [2.75, 3.05) is 22.7 Å². The monoisotopic (exact) mass is 404 g/mol. The van der Waals surface area contributed by atoms with Crippen molar-refractivity contribution in [1.29, 1.82) is 0 Å². The second kappa shape index (κ2) is 7.12. The fourth-order valence-corrected chi connectivity index (χ4v) is 5.93. The predicted molar refractivity (Wildman–Crippen MR) is 102 cm³/mol. The largest absolute Gasteiger partial charge is 0.372 e. The minimum Gasteiger partial charge on any atom is -0.372 e. The first-order valence-electron chi connectivity index (χ1n) is 7.68.